The summed E-state index contributed by atoms with van der Waals surface area (Å²) in [5.74, 6) is -0.354. The molecule has 0 saturated carbocycles. The highest BCUT2D eigenvalue weighted by Crippen LogP contribution is 2.08. The molecule has 5 nitrogen and oxygen atoms in total. The molecule has 1 atom stereocenters. The first-order valence-corrected chi connectivity index (χ1v) is 8.17. The van der Waals surface area contributed by atoms with Crippen LogP contribution in [0.25, 0.3) is 0 Å². The largest absolute Gasteiger partial charge is 0.350 e. The first-order chi connectivity index (χ1) is 11.5. The van der Waals surface area contributed by atoms with E-state index in [1.54, 1.807) is 30.3 Å². The number of pyridine rings is 1. The average molecular weight is 346 g/mol. The van der Waals surface area contributed by atoms with Gasteiger partial charge in [0.15, 0.2) is 0 Å². The number of benzene rings is 1. The third kappa shape index (κ3) is 5.06. The standard InChI is InChI=1S/C18H20ClN3O2/c1-3-12(2)22-18(24)14-6-4-5-13(9-14)10-21-17(23)15-7-8-16(19)20-11-15/h4-9,11-12H,3,10H2,1-2H3,(H,21,23)(H,22,24). The van der Waals surface area contributed by atoms with Crippen LogP contribution in [0.4, 0.5) is 0 Å². The molecule has 0 bridgehead atoms. The molecular formula is C18H20ClN3O2. The third-order valence-corrected chi connectivity index (χ3v) is 3.85. The van der Waals surface area contributed by atoms with Crippen molar-refractivity contribution in [2.24, 2.45) is 0 Å². The number of amides is 2. The van der Waals surface area contributed by atoms with Gasteiger partial charge in [0.25, 0.3) is 11.8 Å². The van der Waals surface area contributed by atoms with Gasteiger partial charge in [0.2, 0.25) is 0 Å². The van der Waals surface area contributed by atoms with Crippen molar-refractivity contribution in [1.29, 1.82) is 0 Å². The number of hydrogen-bond donors (Lipinski definition) is 2. The first-order valence-electron chi connectivity index (χ1n) is 7.79. The second kappa shape index (κ2) is 8.45. The minimum Gasteiger partial charge on any atom is -0.350 e. The van der Waals surface area contributed by atoms with Crippen molar-refractivity contribution in [3.8, 4) is 0 Å². The third-order valence-electron chi connectivity index (χ3n) is 3.62. The van der Waals surface area contributed by atoms with Crippen molar-refractivity contribution in [3.63, 3.8) is 0 Å². The van der Waals surface area contributed by atoms with E-state index in [1.807, 2.05) is 19.9 Å². The Morgan fingerprint density at radius 3 is 2.62 bits per heavy atom. The molecule has 1 aromatic carbocycles. The van der Waals surface area contributed by atoms with Gasteiger partial charge in [-0.25, -0.2) is 4.98 Å². The smallest absolute Gasteiger partial charge is 0.253 e. The average Bonchev–Trinajstić information content (AvgIpc) is 2.60. The molecule has 126 valence electrons. The highest BCUT2D eigenvalue weighted by molar-refractivity contribution is 6.29. The zero-order valence-corrected chi connectivity index (χ0v) is 14.4. The normalized spacial score (nSPS) is 11.6. The summed E-state index contributed by atoms with van der Waals surface area (Å²) < 4.78 is 0. The van der Waals surface area contributed by atoms with Crippen LogP contribution in [0.1, 0.15) is 46.5 Å². The topological polar surface area (TPSA) is 71.1 Å². The van der Waals surface area contributed by atoms with E-state index in [-0.39, 0.29) is 17.9 Å². The number of nitrogens with zero attached hydrogens (tertiary/aromatic N) is 1. The monoisotopic (exact) mass is 345 g/mol. The van der Waals surface area contributed by atoms with Crippen LogP contribution >= 0.6 is 11.6 Å². The van der Waals surface area contributed by atoms with Crippen LogP contribution in [-0.4, -0.2) is 22.8 Å². The van der Waals surface area contributed by atoms with Gasteiger partial charge in [-0.1, -0.05) is 30.7 Å². The number of hydrogen-bond acceptors (Lipinski definition) is 3. The number of carbonyl (C=O) groups is 2. The van der Waals surface area contributed by atoms with Crippen LogP contribution in [0.5, 0.6) is 0 Å². The van der Waals surface area contributed by atoms with Crippen molar-refractivity contribution in [3.05, 3.63) is 64.4 Å². The van der Waals surface area contributed by atoms with E-state index < -0.39 is 0 Å². The molecule has 24 heavy (non-hydrogen) atoms. The Balaban J connectivity index is 1.98. The lowest BCUT2D eigenvalue weighted by molar-refractivity contribution is 0.0936. The fourth-order valence-corrected chi connectivity index (χ4v) is 2.14. The fourth-order valence-electron chi connectivity index (χ4n) is 2.03. The second-order valence-corrected chi connectivity index (χ2v) is 5.92. The molecule has 0 spiro atoms. The molecule has 0 aliphatic heterocycles. The van der Waals surface area contributed by atoms with Crippen LogP contribution in [0.15, 0.2) is 42.6 Å². The van der Waals surface area contributed by atoms with Crippen LogP contribution in [0, 0.1) is 0 Å². The molecule has 0 aliphatic rings. The van der Waals surface area contributed by atoms with Gasteiger partial charge in [-0.3, -0.25) is 9.59 Å². The maximum absolute atomic E-state index is 12.1. The van der Waals surface area contributed by atoms with E-state index in [9.17, 15) is 9.59 Å². The van der Waals surface area contributed by atoms with Crippen LogP contribution < -0.4 is 10.6 Å². The summed E-state index contributed by atoms with van der Waals surface area (Å²) >= 11 is 5.70. The maximum atomic E-state index is 12.1. The molecule has 2 rings (SSSR count). The Labute approximate surface area is 146 Å². The molecule has 2 aromatic rings. The summed E-state index contributed by atoms with van der Waals surface area (Å²) in [6, 6.07) is 10.5. The minimum absolute atomic E-state index is 0.112. The van der Waals surface area contributed by atoms with Crippen molar-refractivity contribution < 1.29 is 9.59 Å². The molecular weight excluding hydrogens is 326 g/mol. The van der Waals surface area contributed by atoms with Crippen molar-refractivity contribution >= 4 is 23.4 Å². The molecule has 0 saturated heterocycles. The summed E-state index contributed by atoms with van der Waals surface area (Å²) in [6.07, 6.45) is 2.30. The molecule has 6 heteroatoms. The zero-order chi connectivity index (χ0) is 17.5. The minimum atomic E-state index is -0.242. The molecule has 2 amide bonds. The van der Waals surface area contributed by atoms with Gasteiger partial charge in [-0.2, -0.15) is 0 Å². The summed E-state index contributed by atoms with van der Waals surface area (Å²) in [7, 11) is 0. The molecule has 0 fully saturated rings. The van der Waals surface area contributed by atoms with E-state index >= 15 is 0 Å². The van der Waals surface area contributed by atoms with Gasteiger partial charge in [0.05, 0.1) is 5.56 Å². The Morgan fingerprint density at radius 2 is 1.96 bits per heavy atom. The van der Waals surface area contributed by atoms with E-state index in [2.05, 4.69) is 15.6 Å². The number of halogens is 1. The quantitative estimate of drug-likeness (QED) is 0.790. The van der Waals surface area contributed by atoms with E-state index in [1.165, 1.54) is 6.20 Å². The second-order valence-electron chi connectivity index (χ2n) is 5.54. The van der Waals surface area contributed by atoms with Crippen LogP contribution in [0.3, 0.4) is 0 Å². The van der Waals surface area contributed by atoms with Crippen molar-refractivity contribution in [2.75, 3.05) is 0 Å². The van der Waals surface area contributed by atoms with Gasteiger partial charge in [0, 0.05) is 24.3 Å². The molecule has 1 heterocycles. The lowest BCUT2D eigenvalue weighted by Crippen LogP contribution is -2.32. The van der Waals surface area contributed by atoms with Gasteiger partial charge in [-0.05, 0) is 43.2 Å². The Kier molecular flexibility index (Phi) is 6.32. The Morgan fingerprint density at radius 1 is 1.17 bits per heavy atom. The molecule has 0 radical (unpaired) electrons. The number of carbonyl (C=O) groups excluding carboxylic acids is 2. The van der Waals surface area contributed by atoms with E-state index in [0.717, 1.165) is 12.0 Å². The predicted octanol–water partition coefficient (Wildman–Crippen LogP) is 3.19. The predicted molar refractivity (Wildman–Crippen MR) is 94.1 cm³/mol. The van der Waals surface area contributed by atoms with Gasteiger partial charge in [-0.15, -0.1) is 0 Å². The van der Waals surface area contributed by atoms with Crippen LogP contribution in [-0.2, 0) is 6.54 Å². The van der Waals surface area contributed by atoms with Gasteiger partial charge < -0.3 is 10.6 Å². The number of nitrogens with one attached hydrogen (secondary N) is 2. The lowest BCUT2D eigenvalue weighted by atomic mass is 10.1. The highest BCUT2D eigenvalue weighted by atomic mass is 35.5. The van der Waals surface area contributed by atoms with Crippen molar-refractivity contribution in [1.82, 2.24) is 15.6 Å². The van der Waals surface area contributed by atoms with E-state index in [0.29, 0.717) is 22.8 Å². The summed E-state index contributed by atoms with van der Waals surface area (Å²) in [5.41, 5.74) is 1.86. The maximum Gasteiger partial charge on any atom is 0.253 e. The zero-order valence-electron chi connectivity index (χ0n) is 13.7. The molecule has 0 aliphatic carbocycles. The Hall–Kier alpha value is -2.40. The van der Waals surface area contributed by atoms with Crippen LogP contribution in [0.2, 0.25) is 5.15 Å². The summed E-state index contributed by atoms with van der Waals surface area (Å²) in [6.45, 7) is 4.30. The lowest BCUT2D eigenvalue weighted by Gasteiger charge is -2.12. The fraction of sp³-hybridized carbons (Fsp3) is 0.278. The summed E-state index contributed by atoms with van der Waals surface area (Å²) in [5, 5.41) is 6.06. The Bertz CT molecular complexity index is 716. The van der Waals surface area contributed by atoms with Crippen molar-refractivity contribution in [2.45, 2.75) is 32.9 Å². The van der Waals surface area contributed by atoms with Gasteiger partial charge >= 0.3 is 0 Å². The SMILES string of the molecule is CCC(C)NC(=O)c1cccc(CNC(=O)c2ccc(Cl)nc2)c1. The van der Waals surface area contributed by atoms with Gasteiger partial charge in [0.1, 0.15) is 5.15 Å². The summed E-state index contributed by atoms with van der Waals surface area (Å²) in [4.78, 5) is 28.1. The number of rotatable bonds is 6. The number of aromatic nitrogens is 1. The molecule has 2 N–H and O–H groups in total. The van der Waals surface area contributed by atoms with E-state index in [4.69, 9.17) is 11.6 Å². The molecule has 1 unspecified atom stereocenters. The highest BCUT2D eigenvalue weighted by Gasteiger charge is 2.10. The first kappa shape index (κ1) is 17.9. The molecule has 1 aromatic heterocycles.